The van der Waals surface area contributed by atoms with Crippen molar-refractivity contribution >= 4 is 15.4 Å². The first-order valence-corrected chi connectivity index (χ1v) is 6.47. The van der Waals surface area contributed by atoms with Crippen molar-refractivity contribution in [2.75, 3.05) is 7.05 Å². The molecule has 0 radical (unpaired) electrons. The molecular weight excluding hydrogens is 226 g/mol. The summed E-state index contributed by atoms with van der Waals surface area (Å²) in [6.07, 6.45) is 0. The number of rotatable bonds is 2. The van der Waals surface area contributed by atoms with Gasteiger partial charge in [0, 0.05) is 11.4 Å². The highest BCUT2D eigenvalue weighted by molar-refractivity contribution is 7.95. The van der Waals surface area contributed by atoms with Crippen molar-refractivity contribution < 1.29 is 13.5 Å². The predicted octanol–water partition coefficient (Wildman–Crippen LogP) is 1.13. The average Bonchev–Trinajstić information content (AvgIpc) is 2.50. The second-order valence-corrected chi connectivity index (χ2v) is 5.57. The van der Waals surface area contributed by atoms with Crippen LogP contribution in [0.1, 0.15) is 12.5 Å². The van der Waals surface area contributed by atoms with Gasteiger partial charge in [0.25, 0.3) is 0 Å². The molecule has 0 bridgehead atoms. The van der Waals surface area contributed by atoms with Crippen LogP contribution in [-0.2, 0) is 9.84 Å². The van der Waals surface area contributed by atoms with E-state index in [0.717, 1.165) is 5.57 Å². The number of phenolic OH excluding ortho intramolecular Hbond substituents is 1. The summed E-state index contributed by atoms with van der Waals surface area (Å²) in [6.45, 7) is 1.89. The minimum atomic E-state index is -3.39. The SMILES string of the molecule is CNC(C)C1=CS(=O)(=O)c2cc(O)ccc21. The Labute approximate surface area is 94.5 Å². The van der Waals surface area contributed by atoms with Crippen LogP contribution in [0.15, 0.2) is 28.5 Å². The minimum absolute atomic E-state index is 0.0333. The average molecular weight is 239 g/mol. The molecule has 0 amide bonds. The highest BCUT2D eigenvalue weighted by Gasteiger charge is 2.29. The van der Waals surface area contributed by atoms with E-state index in [1.165, 1.54) is 17.5 Å². The van der Waals surface area contributed by atoms with Crippen LogP contribution in [0.4, 0.5) is 0 Å². The molecule has 1 atom stereocenters. The van der Waals surface area contributed by atoms with Crippen LogP contribution in [0.2, 0.25) is 0 Å². The number of aromatic hydroxyl groups is 1. The van der Waals surface area contributed by atoms with Gasteiger partial charge in [-0.15, -0.1) is 0 Å². The zero-order chi connectivity index (χ0) is 11.9. The van der Waals surface area contributed by atoms with Gasteiger partial charge in [0.2, 0.25) is 9.84 Å². The van der Waals surface area contributed by atoms with Gasteiger partial charge in [-0.05, 0) is 43.3 Å². The first kappa shape index (κ1) is 11.2. The van der Waals surface area contributed by atoms with E-state index in [9.17, 15) is 13.5 Å². The number of hydrogen-bond acceptors (Lipinski definition) is 4. The van der Waals surface area contributed by atoms with Crippen LogP contribution in [0.3, 0.4) is 0 Å². The van der Waals surface area contributed by atoms with Crippen molar-refractivity contribution in [3.05, 3.63) is 29.2 Å². The number of phenols is 1. The lowest BCUT2D eigenvalue weighted by Gasteiger charge is -2.12. The number of likely N-dealkylation sites (N-methyl/N-ethyl adjacent to an activating group) is 1. The van der Waals surface area contributed by atoms with Gasteiger partial charge in [-0.2, -0.15) is 0 Å². The molecule has 86 valence electrons. The summed E-state index contributed by atoms with van der Waals surface area (Å²) in [5.41, 5.74) is 1.40. The molecule has 2 N–H and O–H groups in total. The topological polar surface area (TPSA) is 66.4 Å². The smallest absolute Gasteiger partial charge is 0.200 e. The lowest BCUT2D eigenvalue weighted by Crippen LogP contribution is -2.22. The molecule has 0 fully saturated rings. The van der Waals surface area contributed by atoms with Gasteiger partial charge < -0.3 is 10.4 Å². The lowest BCUT2D eigenvalue weighted by molar-refractivity contribution is 0.473. The molecular formula is C11H13NO3S. The molecule has 16 heavy (non-hydrogen) atoms. The molecule has 4 nitrogen and oxygen atoms in total. The molecule has 0 aliphatic carbocycles. The summed E-state index contributed by atoms with van der Waals surface area (Å²) in [5, 5.41) is 13.6. The summed E-state index contributed by atoms with van der Waals surface area (Å²) in [6, 6.07) is 4.38. The summed E-state index contributed by atoms with van der Waals surface area (Å²) < 4.78 is 23.6. The number of benzene rings is 1. The van der Waals surface area contributed by atoms with E-state index in [1.54, 1.807) is 13.1 Å². The van der Waals surface area contributed by atoms with Crippen LogP contribution in [0.5, 0.6) is 5.75 Å². The van der Waals surface area contributed by atoms with Crippen LogP contribution in [0, 0.1) is 0 Å². The van der Waals surface area contributed by atoms with Gasteiger partial charge in [-0.25, -0.2) is 8.42 Å². The number of nitrogens with one attached hydrogen (secondary N) is 1. The molecule has 0 saturated heterocycles. The standard InChI is InChI=1S/C11H13NO3S/c1-7(12-2)10-6-16(14,15)11-5-8(13)3-4-9(10)11/h3-7,12-13H,1-2H3. The number of sulfone groups is 1. The fourth-order valence-corrected chi connectivity index (χ4v) is 3.34. The van der Waals surface area contributed by atoms with Crippen LogP contribution >= 0.6 is 0 Å². The molecule has 1 aromatic carbocycles. The summed E-state index contributed by atoms with van der Waals surface area (Å²) in [7, 11) is -1.62. The first-order chi connectivity index (χ1) is 7.45. The Bertz CT molecular complexity index is 561. The highest BCUT2D eigenvalue weighted by Crippen LogP contribution is 2.36. The first-order valence-electron chi connectivity index (χ1n) is 4.93. The Morgan fingerprint density at radius 3 is 2.69 bits per heavy atom. The predicted molar refractivity (Wildman–Crippen MR) is 61.8 cm³/mol. The largest absolute Gasteiger partial charge is 0.508 e. The van der Waals surface area contributed by atoms with Crippen molar-refractivity contribution in [1.29, 1.82) is 0 Å². The monoisotopic (exact) mass is 239 g/mol. The van der Waals surface area contributed by atoms with Crippen molar-refractivity contribution in [3.8, 4) is 5.75 Å². The Kier molecular flexibility index (Phi) is 2.52. The molecule has 0 aromatic heterocycles. The molecule has 5 heteroatoms. The van der Waals surface area contributed by atoms with Gasteiger partial charge in [-0.3, -0.25) is 0 Å². The van der Waals surface area contributed by atoms with Crippen LogP contribution in [0.25, 0.3) is 5.57 Å². The molecule has 1 aliphatic rings. The Balaban J connectivity index is 2.65. The van der Waals surface area contributed by atoms with E-state index in [2.05, 4.69) is 5.32 Å². The molecule has 0 spiro atoms. The third kappa shape index (κ3) is 1.62. The number of hydrogen-bond donors (Lipinski definition) is 2. The minimum Gasteiger partial charge on any atom is -0.508 e. The fraction of sp³-hybridized carbons (Fsp3) is 0.273. The molecule has 1 aliphatic heterocycles. The van der Waals surface area contributed by atoms with Gasteiger partial charge in [0.15, 0.2) is 0 Å². The molecule has 1 unspecified atom stereocenters. The van der Waals surface area contributed by atoms with Gasteiger partial charge in [-0.1, -0.05) is 0 Å². The Hall–Kier alpha value is -1.33. The summed E-state index contributed by atoms with van der Waals surface area (Å²) in [4.78, 5) is 0.185. The fourth-order valence-electron chi connectivity index (χ4n) is 1.77. The van der Waals surface area contributed by atoms with Crippen molar-refractivity contribution in [2.45, 2.75) is 17.9 Å². The van der Waals surface area contributed by atoms with E-state index in [0.29, 0.717) is 5.56 Å². The van der Waals surface area contributed by atoms with Gasteiger partial charge >= 0.3 is 0 Å². The maximum atomic E-state index is 11.8. The van der Waals surface area contributed by atoms with E-state index in [-0.39, 0.29) is 16.7 Å². The van der Waals surface area contributed by atoms with Crippen molar-refractivity contribution in [1.82, 2.24) is 5.32 Å². The third-order valence-electron chi connectivity index (χ3n) is 2.76. The quantitative estimate of drug-likeness (QED) is 0.812. The molecule has 0 saturated carbocycles. The zero-order valence-corrected chi connectivity index (χ0v) is 9.88. The van der Waals surface area contributed by atoms with E-state index in [1.807, 2.05) is 6.92 Å². The van der Waals surface area contributed by atoms with Gasteiger partial charge in [0.1, 0.15) is 5.75 Å². The summed E-state index contributed by atoms with van der Waals surface area (Å²) in [5.74, 6) is -0.0333. The van der Waals surface area contributed by atoms with Gasteiger partial charge in [0.05, 0.1) is 4.90 Å². The second kappa shape index (κ2) is 3.61. The zero-order valence-electron chi connectivity index (χ0n) is 9.06. The van der Waals surface area contributed by atoms with Crippen molar-refractivity contribution in [2.24, 2.45) is 0 Å². The van der Waals surface area contributed by atoms with Crippen molar-refractivity contribution in [3.63, 3.8) is 0 Å². The molecule has 1 aromatic rings. The second-order valence-electron chi connectivity index (χ2n) is 3.81. The normalized spacial score (nSPS) is 19.0. The highest BCUT2D eigenvalue weighted by atomic mass is 32.2. The van der Waals surface area contributed by atoms with E-state index >= 15 is 0 Å². The Morgan fingerprint density at radius 1 is 1.38 bits per heavy atom. The molecule has 1 heterocycles. The van der Waals surface area contributed by atoms with E-state index < -0.39 is 9.84 Å². The van der Waals surface area contributed by atoms with E-state index in [4.69, 9.17) is 0 Å². The Morgan fingerprint density at radius 2 is 2.06 bits per heavy atom. The maximum Gasteiger partial charge on any atom is 0.200 e. The molecule has 2 rings (SSSR count). The summed E-state index contributed by atoms with van der Waals surface area (Å²) >= 11 is 0. The van der Waals surface area contributed by atoms with Crippen LogP contribution in [-0.4, -0.2) is 26.6 Å². The maximum absolute atomic E-state index is 11.8. The third-order valence-corrected chi connectivity index (χ3v) is 4.28. The lowest BCUT2D eigenvalue weighted by atomic mass is 10.0. The van der Waals surface area contributed by atoms with Crippen LogP contribution < -0.4 is 5.32 Å². The number of fused-ring (bicyclic) bond motifs is 1.